The molecule has 0 spiro atoms. The van der Waals surface area contributed by atoms with Crippen molar-refractivity contribution in [2.24, 2.45) is 11.8 Å². The van der Waals surface area contributed by atoms with Gasteiger partial charge in [-0.25, -0.2) is 0 Å². The molecular weight excluding hydrogens is 192 g/mol. The van der Waals surface area contributed by atoms with Crippen LogP contribution in [0.15, 0.2) is 0 Å². The Bertz CT molecular complexity index is 290. The van der Waals surface area contributed by atoms with E-state index in [4.69, 9.17) is 0 Å². The van der Waals surface area contributed by atoms with Crippen LogP contribution in [0.1, 0.15) is 25.7 Å². The average molecular weight is 208 g/mol. The maximum Gasteiger partial charge on any atom is 0.233 e. The summed E-state index contributed by atoms with van der Waals surface area (Å²) in [5, 5.41) is 3.37. The third-order valence-corrected chi connectivity index (χ3v) is 3.77. The first-order valence-electron chi connectivity index (χ1n) is 5.86. The number of likely N-dealkylation sites (tertiary alicyclic amines) is 1. The van der Waals surface area contributed by atoms with Crippen LogP contribution in [0.2, 0.25) is 0 Å². The van der Waals surface area contributed by atoms with Gasteiger partial charge in [-0.05, 0) is 25.8 Å². The van der Waals surface area contributed by atoms with E-state index < -0.39 is 0 Å². The Morgan fingerprint density at radius 1 is 1.20 bits per heavy atom. The van der Waals surface area contributed by atoms with Gasteiger partial charge in [0, 0.05) is 12.6 Å². The Labute approximate surface area is 89.0 Å². The Morgan fingerprint density at radius 3 is 2.53 bits per heavy atom. The average Bonchev–Trinajstić information content (AvgIpc) is 3.01. The van der Waals surface area contributed by atoms with Crippen LogP contribution in [0.4, 0.5) is 0 Å². The first kappa shape index (κ1) is 9.33. The summed E-state index contributed by atoms with van der Waals surface area (Å²) < 4.78 is 0. The summed E-state index contributed by atoms with van der Waals surface area (Å²) in [4.78, 5) is 24.9. The predicted molar refractivity (Wildman–Crippen MR) is 54.0 cm³/mol. The second-order valence-electron chi connectivity index (χ2n) is 4.88. The van der Waals surface area contributed by atoms with E-state index in [2.05, 4.69) is 5.32 Å². The van der Waals surface area contributed by atoms with Gasteiger partial charge >= 0.3 is 0 Å². The molecule has 2 saturated heterocycles. The molecule has 2 amide bonds. The molecule has 0 radical (unpaired) electrons. The van der Waals surface area contributed by atoms with E-state index in [-0.39, 0.29) is 23.7 Å². The van der Waals surface area contributed by atoms with Gasteiger partial charge in [0.25, 0.3) is 0 Å². The summed E-state index contributed by atoms with van der Waals surface area (Å²) in [7, 11) is 0. The van der Waals surface area contributed by atoms with Crippen molar-refractivity contribution in [2.75, 3.05) is 13.1 Å². The van der Waals surface area contributed by atoms with Crippen LogP contribution in [-0.4, -0.2) is 35.8 Å². The zero-order chi connectivity index (χ0) is 10.4. The van der Waals surface area contributed by atoms with E-state index in [0.29, 0.717) is 12.6 Å². The van der Waals surface area contributed by atoms with Crippen LogP contribution in [0.5, 0.6) is 0 Å². The van der Waals surface area contributed by atoms with E-state index in [1.165, 1.54) is 17.7 Å². The molecule has 15 heavy (non-hydrogen) atoms. The van der Waals surface area contributed by atoms with E-state index in [1.54, 1.807) is 0 Å². The highest BCUT2D eigenvalue weighted by atomic mass is 16.2. The van der Waals surface area contributed by atoms with Crippen molar-refractivity contribution in [3.05, 3.63) is 0 Å². The molecule has 2 heterocycles. The van der Waals surface area contributed by atoms with Crippen molar-refractivity contribution < 1.29 is 9.59 Å². The Kier molecular flexibility index (Phi) is 2.06. The number of nitrogens with one attached hydrogen (secondary N) is 1. The van der Waals surface area contributed by atoms with Crippen molar-refractivity contribution >= 4 is 11.8 Å². The third-order valence-electron chi connectivity index (χ3n) is 3.77. The number of amides is 2. The van der Waals surface area contributed by atoms with Gasteiger partial charge in [0.1, 0.15) is 0 Å². The lowest BCUT2D eigenvalue weighted by atomic mass is 10.0. The molecule has 3 atom stereocenters. The number of hydrogen-bond donors (Lipinski definition) is 1. The molecule has 0 aromatic carbocycles. The Hall–Kier alpha value is -0.900. The maximum atomic E-state index is 11.7. The van der Waals surface area contributed by atoms with E-state index in [0.717, 1.165) is 19.4 Å². The number of fused-ring (bicyclic) bond motifs is 1. The highest BCUT2D eigenvalue weighted by Crippen LogP contribution is 2.46. The molecule has 3 rings (SSSR count). The molecule has 82 valence electrons. The molecule has 4 nitrogen and oxygen atoms in total. The number of piperidine rings is 2. The lowest BCUT2D eigenvalue weighted by molar-refractivity contribution is -0.141. The molecule has 1 N–H and O–H groups in total. The third kappa shape index (κ3) is 1.47. The van der Waals surface area contributed by atoms with Gasteiger partial charge in [-0.3, -0.25) is 14.5 Å². The number of nitrogens with zero attached hydrogens (tertiary/aromatic N) is 1. The van der Waals surface area contributed by atoms with Crippen LogP contribution in [-0.2, 0) is 9.59 Å². The number of rotatable bonds is 2. The fraction of sp³-hybridized carbons (Fsp3) is 0.818. The molecule has 3 fully saturated rings. The molecule has 1 aliphatic carbocycles. The van der Waals surface area contributed by atoms with Crippen LogP contribution in [0.3, 0.4) is 0 Å². The molecule has 4 heteroatoms. The minimum atomic E-state index is 0.0566. The number of carbonyl (C=O) groups excluding carboxylic acids is 2. The molecular formula is C11H16N2O2. The van der Waals surface area contributed by atoms with Crippen LogP contribution < -0.4 is 5.32 Å². The standard InChI is InChI=1S/C11H16N2O2/c14-10-8-5-9(8)11(15)13(10)6-7-3-1-2-4-12-7/h7-9,12H,1-6H2. The van der Waals surface area contributed by atoms with E-state index >= 15 is 0 Å². The number of carbonyl (C=O) groups is 2. The highest BCUT2D eigenvalue weighted by molar-refractivity contribution is 6.08. The predicted octanol–water partition coefficient (Wildman–Crippen LogP) is 0.133. The van der Waals surface area contributed by atoms with Gasteiger partial charge in [0.05, 0.1) is 11.8 Å². The lowest BCUT2D eigenvalue weighted by Gasteiger charge is -2.27. The summed E-state index contributed by atoms with van der Waals surface area (Å²) in [5.74, 6) is 0.275. The summed E-state index contributed by atoms with van der Waals surface area (Å²) in [6.07, 6.45) is 4.32. The van der Waals surface area contributed by atoms with Crippen molar-refractivity contribution in [3.63, 3.8) is 0 Å². The van der Waals surface area contributed by atoms with Crippen molar-refractivity contribution in [3.8, 4) is 0 Å². The Balaban J connectivity index is 1.63. The smallest absolute Gasteiger partial charge is 0.233 e. The fourth-order valence-electron chi connectivity index (χ4n) is 2.73. The van der Waals surface area contributed by atoms with Crippen LogP contribution in [0.25, 0.3) is 0 Å². The Morgan fingerprint density at radius 2 is 1.93 bits per heavy atom. The number of hydrogen-bond acceptors (Lipinski definition) is 3. The monoisotopic (exact) mass is 208 g/mol. The minimum Gasteiger partial charge on any atom is -0.312 e. The maximum absolute atomic E-state index is 11.7. The molecule has 0 aromatic heterocycles. The quantitative estimate of drug-likeness (QED) is 0.656. The topological polar surface area (TPSA) is 49.4 Å². The summed E-state index contributed by atoms with van der Waals surface area (Å²) in [5.41, 5.74) is 0. The van der Waals surface area contributed by atoms with Crippen molar-refractivity contribution in [1.29, 1.82) is 0 Å². The molecule has 0 aromatic rings. The molecule has 2 aliphatic heterocycles. The lowest BCUT2D eigenvalue weighted by Crippen LogP contribution is -2.46. The largest absolute Gasteiger partial charge is 0.312 e. The van der Waals surface area contributed by atoms with E-state index in [1.807, 2.05) is 0 Å². The van der Waals surface area contributed by atoms with Crippen molar-refractivity contribution in [1.82, 2.24) is 10.2 Å². The second kappa shape index (κ2) is 3.30. The zero-order valence-electron chi connectivity index (χ0n) is 8.74. The second-order valence-corrected chi connectivity index (χ2v) is 4.88. The van der Waals surface area contributed by atoms with Gasteiger partial charge in [0.2, 0.25) is 11.8 Å². The highest BCUT2D eigenvalue weighted by Gasteiger charge is 2.58. The molecule has 3 aliphatic rings. The molecule has 1 saturated carbocycles. The van der Waals surface area contributed by atoms with Gasteiger partial charge in [-0.1, -0.05) is 6.42 Å². The normalized spacial score (nSPS) is 39.5. The van der Waals surface area contributed by atoms with Gasteiger partial charge in [-0.2, -0.15) is 0 Å². The first-order valence-corrected chi connectivity index (χ1v) is 5.86. The summed E-state index contributed by atoms with van der Waals surface area (Å²) in [6, 6.07) is 0.337. The molecule has 0 bridgehead atoms. The molecule has 3 unspecified atom stereocenters. The van der Waals surface area contributed by atoms with Crippen LogP contribution >= 0.6 is 0 Å². The van der Waals surface area contributed by atoms with Gasteiger partial charge < -0.3 is 5.32 Å². The van der Waals surface area contributed by atoms with E-state index in [9.17, 15) is 9.59 Å². The van der Waals surface area contributed by atoms with Crippen molar-refractivity contribution in [2.45, 2.75) is 31.7 Å². The first-order chi connectivity index (χ1) is 7.27. The van der Waals surface area contributed by atoms with Gasteiger partial charge in [0.15, 0.2) is 0 Å². The SMILES string of the molecule is O=C1C2CC2C(=O)N1CC1CCCCN1. The fourth-order valence-corrected chi connectivity index (χ4v) is 2.73. The number of imide groups is 1. The zero-order valence-corrected chi connectivity index (χ0v) is 8.74. The van der Waals surface area contributed by atoms with Gasteiger partial charge in [-0.15, -0.1) is 0 Å². The summed E-state index contributed by atoms with van der Waals surface area (Å²) in [6.45, 7) is 1.62. The summed E-state index contributed by atoms with van der Waals surface area (Å²) >= 11 is 0. The van der Waals surface area contributed by atoms with Crippen LogP contribution in [0, 0.1) is 11.8 Å². The minimum absolute atomic E-state index is 0.0566.